The lowest BCUT2D eigenvalue weighted by molar-refractivity contribution is 0.122. The number of nitrogens with one attached hydrogen (secondary N) is 1. The molecule has 5 rings (SSSR count). The maximum atomic E-state index is 14.0. The summed E-state index contributed by atoms with van der Waals surface area (Å²) in [5, 5.41) is 3.98. The molecule has 0 unspecified atom stereocenters. The average Bonchev–Trinajstić information content (AvgIpc) is 3.24. The Morgan fingerprint density at radius 3 is 2.34 bits per heavy atom. The summed E-state index contributed by atoms with van der Waals surface area (Å²) in [7, 11) is 0. The minimum absolute atomic E-state index is 0.0693. The highest BCUT2D eigenvalue weighted by molar-refractivity contribution is 6.30. The SMILES string of the molecule is CC(C)(Nc1nc(N2CCOCC2)nc(-n2c(C(F)F)nc3ccccc32)n1)c1ccc(Cl)cc1. The van der Waals surface area contributed by atoms with Crippen LogP contribution in [0.1, 0.15) is 31.7 Å². The number of fused-ring (bicyclic) bond motifs is 1. The van der Waals surface area contributed by atoms with Gasteiger partial charge in [0.25, 0.3) is 6.43 Å². The molecule has 1 aliphatic heterocycles. The summed E-state index contributed by atoms with van der Waals surface area (Å²) >= 11 is 6.06. The lowest BCUT2D eigenvalue weighted by atomic mass is 9.94. The Morgan fingerprint density at radius 2 is 1.63 bits per heavy atom. The van der Waals surface area contributed by atoms with Crippen molar-refractivity contribution in [1.82, 2.24) is 24.5 Å². The lowest BCUT2D eigenvalue weighted by Gasteiger charge is -2.29. The van der Waals surface area contributed by atoms with Crippen molar-refractivity contribution in [3.8, 4) is 5.95 Å². The highest BCUT2D eigenvalue weighted by atomic mass is 35.5. The minimum atomic E-state index is -2.81. The maximum absolute atomic E-state index is 14.0. The van der Waals surface area contributed by atoms with Crippen LogP contribution in [-0.2, 0) is 10.3 Å². The molecule has 2 aromatic carbocycles. The van der Waals surface area contributed by atoms with Crippen molar-refractivity contribution in [3.63, 3.8) is 0 Å². The Labute approximate surface area is 205 Å². The van der Waals surface area contributed by atoms with Crippen LogP contribution in [0.3, 0.4) is 0 Å². The molecule has 2 aromatic heterocycles. The van der Waals surface area contributed by atoms with Crippen LogP contribution in [0, 0.1) is 0 Å². The highest BCUT2D eigenvalue weighted by Crippen LogP contribution is 2.30. The topological polar surface area (TPSA) is 81.0 Å². The first kappa shape index (κ1) is 23.4. The van der Waals surface area contributed by atoms with Gasteiger partial charge in [-0.25, -0.2) is 13.8 Å². The standard InChI is InChI=1S/C24H24ClF2N7O/c1-24(2,15-7-9-16(25)10-8-15)32-21-29-22(33-11-13-35-14-12-33)31-23(30-21)34-18-6-4-3-5-17(18)28-20(34)19(26)27/h3-10,19H,11-14H2,1-2H3,(H,29,30,31,32). The molecule has 0 radical (unpaired) electrons. The van der Waals surface area contributed by atoms with Gasteiger partial charge in [0, 0.05) is 18.1 Å². The first-order chi connectivity index (χ1) is 16.8. The van der Waals surface area contributed by atoms with E-state index in [0.717, 1.165) is 5.56 Å². The van der Waals surface area contributed by atoms with Crippen LogP contribution in [-0.4, -0.2) is 50.8 Å². The van der Waals surface area contributed by atoms with Crippen molar-refractivity contribution in [2.45, 2.75) is 25.8 Å². The number of ether oxygens (including phenoxy) is 1. The van der Waals surface area contributed by atoms with E-state index >= 15 is 0 Å². The number of halogens is 3. The second kappa shape index (κ2) is 9.35. The number of rotatable bonds is 6. The van der Waals surface area contributed by atoms with Gasteiger partial charge in [0.05, 0.1) is 29.8 Å². The van der Waals surface area contributed by atoms with Crippen molar-refractivity contribution >= 4 is 34.5 Å². The first-order valence-electron chi connectivity index (χ1n) is 11.2. The van der Waals surface area contributed by atoms with Crippen LogP contribution >= 0.6 is 11.6 Å². The molecule has 3 heterocycles. The van der Waals surface area contributed by atoms with Crippen LogP contribution in [0.5, 0.6) is 0 Å². The summed E-state index contributed by atoms with van der Waals surface area (Å²) in [6.07, 6.45) is -2.81. The molecule has 0 atom stereocenters. The Kier molecular flexibility index (Phi) is 6.24. The summed E-state index contributed by atoms with van der Waals surface area (Å²) in [4.78, 5) is 19.9. The third-order valence-corrected chi connectivity index (χ3v) is 6.13. The number of imidazole rings is 1. The average molecular weight is 500 g/mol. The molecular formula is C24H24ClF2N7O. The Bertz CT molecular complexity index is 1340. The quantitative estimate of drug-likeness (QED) is 0.400. The molecular weight excluding hydrogens is 476 g/mol. The van der Waals surface area contributed by atoms with E-state index in [1.807, 2.05) is 43.0 Å². The number of alkyl halides is 2. The van der Waals surface area contributed by atoms with Gasteiger partial charge in [0.1, 0.15) is 0 Å². The minimum Gasteiger partial charge on any atom is -0.378 e. The Balaban J connectivity index is 1.63. The summed E-state index contributed by atoms with van der Waals surface area (Å²) in [5.41, 5.74) is 1.30. The molecule has 8 nitrogen and oxygen atoms in total. The fourth-order valence-electron chi connectivity index (χ4n) is 4.03. The predicted octanol–water partition coefficient (Wildman–Crippen LogP) is 4.99. The number of aromatic nitrogens is 5. The van der Waals surface area contributed by atoms with Gasteiger partial charge in [-0.15, -0.1) is 0 Å². The second-order valence-corrected chi connectivity index (χ2v) is 9.15. The van der Waals surface area contributed by atoms with Gasteiger partial charge in [0.15, 0.2) is 5.82 Å². The number of para-hydroxylation sites is 2. The zero-order valence-corrected chi connectivity index (χ0v) is 20.0. The van der Waals surface area contributed by atoms with E-state index in [1.165, 1.54) is 4.57 Å². The zero-order chi connectivity index (χ0) is 24.6. The number of hydrogen-bond donors (Lipinski definition) is 1. The van der Waals surface area contributed by atoms with Crippen molar-refractivity contribution in [1.29, 1.82) is 0 Å². The van der Waals surface area contributed by atoms with Gasteiger partial charge in [-0.05, 0) is 43.7 Å². The van der Waals surface area contributed by atoms with Crippen LogP contribution in [0.25, 0.3) is 17.0 Å². The number of nitrogens with zero attached hydrogens (tertiary/aromatic N) is 6. The Hall–Kier alpha value is -3.37. The predicted molar refractivity (Wildman–Crippen MR) is 131 cm³/mol. The maximum Gasteiger partial charge on any atom is 0.296 e. The van der Waals surface area contributed by atoms with E-state index in [9.17, 15) is 8.78 Å². The van der Waals surface area contributed by atoms with E-state index in [-0.39, 0.29) is 11.9 Å². The van der Waals surface area contributed by atoms with Crippen LogP contribution < -0.4 is 10.2 Å². The molecule has 0 spiro atoms. The smallest absolute Gasteiger partial charge is 0.296 e. The van der Waals surface area contributed by atoms with Crippen molar-refractivity contribution in [3.05, 3.63) is 64.9 Å². The van der Waals surface area contributed by atoms with Crippen LogP contribution in [0.2, 0.25) is 5.02 Å². The van der Waals surface area contributed by atoms with E-state index < -0.39 is 17.8 Å². The first-order valence-corrected chi connectivity index (χ1v) is 11.6. The molecule has 1 fully saturated rings. The zero-order valence-electron chi connectivity index (χ0n) is 19.3. The van der Waals surface area contributed by atoms with Crippen molar-refractivity contribution in [2.24, 2.45) is 0 Å². The van der Waals surface area contributed by atoms with Gasteiger partial charge < -0.3 is 15.0 Å². The molecule has 4 aromatic rings. The summed E-state index contributed by atoms with van der Waals surface area (Å²) in [6, 6.07) is 14.4. The molecule has 182 valence electrons. The van der Waals surface area contributed by atoms with E-state index in [2.05, 4.69) is 25.3 Å². The van der Waals surface area contributed by atoms with Gasteiger partial charge in [-0.3, -0.25) is 4.57 Å². The summed E-state index contributed by atoms with van der Waals surface area (Å²) in [6.45, 7) is 6.16. The van der Waals surface area contributed by atoms with Crippen LogP contribution in [0.4, 0.5) is 20.7 Å². The largest absolute Gasteiger partial charge is 0.378 e. The molecule has 0 saturated carbocycles. The molecule has 11 heteroatoms. The lowest BCUT2D eigenvalue weighted by Crippen LogP contribution is -2.38. The number of hydrogen-bond acceptors (Lipinski definition) is 7. The fourth-order valence-corrected chi connectivity index (χ4v) is 4.16. The van der Waals surface area contributed by atoms with Crippen molar-refractivity contribution < 1.29 is 13.5 Å². The van der Waals surface area contributed by atoms with Crippen molar-refractivity contribution in [2.75, 3.05) is 36.5 Å². The van der Waals surface area contributed by atoms with Gasteiger partial charge in [-0.2, -0.15) is 15.0 Å². The molecule has 35 heavy (non-hydrogen) atoms. The third kappa shape index (κ3) is 4.76. The third-order valence-electron chi connectivity index (χ3n) is 5.88. The molecule has 0 amide bonds. The second-order valence-electron chi connectivity index (χ2n) is 8.71. The number of benzene rings is 2. The molecule has 0 aliphatic carbocycles. The summed E-state index contributed by atoms with van der Waals surface area (Å²) in [5.74, 6) is 0.285. The van der Waals surface area contributed by atoms with E-state index in [0.29, 0.717) is 48.3 Å². The van der Waals surface area contributed by atoms with Gasteiger partial charge in [-0.1, -0.05) is 35.9 Å². The number of morpholine rings is 1. The molecule has 1 aliphatic rings. The number of anilines is 2. The molecule has 1 saturated heterocycles. The molecule has 1 N–H and O–H groups in total. The fraction of sp³-hybridized carbons (Fsp3) is 0.333. The normalized spacial score (nSPS) is 14.6. The van der Waals surface area contributed by atoms with E-state index in [4.69, 9.17) is 16.3 Å². The van der Waals surface area contributed by atoms with Gasteiger partial charge >= 0.3 is 0 Å². The summed E-state index contributed by atoms with van der Waals surface area (Å²) < 4.78 is 34.8. The van der Waals surface area contributed by atoms with E-state index in [1.54, 1.807) is 24.3 Å². The van der Waals surface area contributed by atoms with Gasteiger partial charge in [0.2, 0.25) is 17.8 Å². The Morgan fingerprint density at radius 1 is 0.943 bits per heavy atom. The monoisotopic (exact) mass is 499 g/mol. The highest BCUT2D eigenvalue weighted by Gasteiger charge is 2.27. The van der Waals surface area contributed by atoms with Crippen LogP contribution in [0.15, 0.2) is 48.5 Å². The molecule has 0 bridgehead atoms.